The van der Waals surface area contributed by atoms with Gasteiger partial charge in [0.25, 0.3) is 0 Å². The molecule has 0 saturated heterocycles. The van der Waals surface area contributed by atoms with Gasteiger partial charge in [-0.3, -0.25) is 9.79 Å². The number of carbonyl (C=O) groups is 1. The molecule has 1 unspecified atom stereocenters. The van der Waals surface area contributed by atoms with E-state index in [1.165, 1.54) is 16.2 Å². The number of aryl methyl sites for hydroxylation is 1. The molecular formula is C19H32N4OS. The molecule has 1 amide bonds. The van der Waals surface area contributed by atoms with Crippen LogP contribution in [-0.4, -0.2) is 37.5 Å². The van der Waals surface area contributed by atoms with Crippen LogP contribution in [0, 0.1) is 12.8 Å². The minimum Gasteiger partial charge on any atom is -0.357 e. The molecule has 1 aromatic rings. The van der Waals surface area contributed by atoms with E-state index in [-0.39, 0.29) is 11.8 Å². The molecule has 0 aromatic carbocycles. The van der Waals surface area contributed by atoms with Gasteiger partial charge < -0.3 is 16.0 Å². The molecule has 1 fully saturated rings. The summed E-state index contributed by atoms with van der Waals surface area (Å²) >= 11 is 1.85. The van der Waals surface area contributed by atoms with Crippen molar-refractivity contribution >= 4 is 23.2 Å². The second-order valence-corrected chi connectivity index (χ2v) is 8.17. The highest BCUT2D eigenvalue weighted by molar-refractivity contribution is 7.11. The van der Waals surface area contributed by atoms with Crippen LogP contribution in [0.25, 0.3) is 0 Å². The van der Waals surface area contributed by atoms with Crippen molar-refractivity contribution in [1.29, 1.82) is 0 Å². The second-order valence-electron chi connectivity index (χ2n) is 6.79. The van der Waals surface area contributed by atoms with E-state index in [0.717, 1.165) is 38.2 Å². The third kappa shape index (κ3) is 7.06. The molecule has 0 radical (unpaired) electrons. The number of guanidine groups is 1. The third-order valence-corrected chi connectivity index (χ3v) is 5.43. The number of thiophene rings is 1. The Morgan fingerprint density at radius 3 is 2.76 bits per heavy atom. The first-order chi connectivity index (χ1) is 12.1. The maximum Gasteiger partial charge on any atom is 0.223 e. The Morgan fingerprint density at radius 2 is 2.16 bits per heavy atom. The summed E-state index contributed by atoms with van der Waals surface area (Å²) in [6, 6.07) is 4.70. The lowest BCUT2D eigenvalue weighted by Gasteiger charge is -2.23. The molecule has 1 aromatic heterocycles. The summed E-state index contributed by atoms with van der Waals surface area (Å²) in [5.74, 6) is 1.35. The molecule has 1 aliphatic rings. The van der Waals surface area contributed by atoms with Crippen LogP contribution in [0.1, 0.15) is 49.3 Å². The maximum absolute atomic E-state index is 11.8. The lowest BCUT2D eigenvalue weighted by atomic mass is 9.85. The summed E-state index contributed by atoms with van der Waals surface area (Å²) in [7, 11) is 0. The molecule has 1 atom stereocenters. The van der Waals surface area contributed by atoms with Crippen molar-refractivity contribution in [3.05, 3.63) is 21.9 Å². The number of aliphatic imine (C=N–C) groups is 1. The average molecular weight is 365 g/mol. The molecule has 5 nitrogen and oxygen atoms in total. The minimum atomic E-state index is 0.222. The maximum atomic E-state index is 11.8. The topological polar surface area (TPSA) is 65.5 Å². The number of hydrogen-bond donors (Lipinski definition) is 3. The van der Waals surface area contributed by atoms with Gasteiger partial charge in [0.05, 0.1) is 0 Å². The van der Waals surface area contributed by atoms with Gasteiger partial charge in [0.2, 0.25) is 5.91 Å². The molecule has 25 heavy (non-hydrogen) atoms. The van der Waals surface area contributed by atoms with Gasteiger partial charge in [-0.1, -0.05) is 6.42 Å². The first-order valence-electron chi connectivity index (χ1n) is 9.46. The molecular weight excluding hydrogens is 332 g/mol. The van der Waals surface area contributed by atoms with E-state index >= 15 is 0 Å². The quantitative estimate of drug-likeness (QED) is 0.359. The summed E-state index contributed by atoms with van der Waals surface area (Å²) in [4.78, 5) is 19.1. The van der Waals surface area contributed by atoms with Gasteiger partial charge in [0.1, 0.15) is 0 Å². The zero-order chi connectivity index (χ0) is 18.1. The SMILES string of the molecule is CCNC(=NCCCNC(=O)C1CCC1)NC(C)Cc1ccc(C)s1. The Labute approximate surface area is 155 Å². The van der Waals surface area contributed by atoms with Crippen molar-refractivity contribution in [2.75, 3.05) is 19.6 Å². The molecule has 3 N–H and O–H groups in total. The highest BCUT2D eigenvalue weighted by atomic mass is 32.1. The van der Waals surface area contributed by atoms with Crippen LogP contribution < -0.4 is 16.0 Å². The number of rotatable bonds is 9. The minimum absolute atomic E-state index is 0.222. The predicted molar refractivity (Wildman–Crippen MR) is 106 cm³/mol. The first kappa shape index (κ1) is 19.8. The fourth-order valence-electron chi connectivity index (χ4n) is 2.80. The van der Waals surface area contributed by atoms with E-state index in [1.807, 2.05) is 11.3 Å². The zero-order valence-electron chi connectivity index (χ0n) is 15.7. The van der Waals surface area contributed by atoms with Gasteiger partial charge in [0.15, 0.2) is 5.96 Å². The van der Waals surface area contributed by atoms with Gasteiger partial charge in [-0.05, 0) is 52.2 Å². The van der Waals surface area contributed by atoms with Crippen LogP contribution in [0.2, 0.25) is 0 Å². The third-order valence-electron chi connectivity index (χ3n) is 4.41. The Bertz CT molecular complexity index is 566. The van der Waals surface area contributed by atoms with Crippen LogP contribution in [0.5, 0.6) is 0 Å². The monoisotopic (exact) mass is 364 g/mol. The fourth-order valence-corrected chi connectivity index (χ4v) is 3.82. The van der Waals surface area contributed by atoms with Crippen molar-refractivity contribution in [3.8, 4) is 0 Å². The summed E-state index contributed by atoms with van der Waals surface area (Å²) in [5.41, 5.74) is 0. The summed E-state index contributed by atoms with van der Waals surface area (Å²) in [5, 5.41) is 9.78. The summed E-state index contributed by atoms with van der Waals surface area (Å²) in [6.07, 6.45) is 5.18. The number of hydrogen-bond acceptors (Lipinski definition) is 3. The molecule has 1 aliphatic carbocycles. The molecule has 1 saturated carbocycles. The Morgan fingerprint density at radius 1 is 1.36 bits per heavy atom. The lowest BCUT2D eigenvalue weighted by molar-refractivity contribution is -0.127. The lowest BCUT2D eigenvalue weighted by Crippen LogP contribution is -2.43. The fraction of sp³-hybridized carbons (Fsp3) is 0.684. The summed E-state index contributed by atoms with van der Waals surface area (Å²) in [6.45, 7) is 8.66. The Kier molecular flexibility index (Phi) is 8.25. The van der Waals surface area contributed by atoms with Crippen LogP contribution in [-0.2, 0) is 11.2 Å². The highest BCUT2D eigenvalue weighted by Crippen LogP contribution is 2.26. The van der Waals surface area contributed by atoms with Crippen LogP contribution in [0.3, 0.4) is 0 Å². The number of carbonyl (C=O) groups excluding carboxylic acids is 1. The number of amides is 1. The summed E-state index contributed by atoms with van der Waals surface area (Å²) < 4.78 is 0. The van der Waals surface area contributed by atoms with E-state index in [0.29, 0.717) is 19.1 Å². The number of nitrogens with one attached hydrogen (secondary N) is 3. The van der Waals surface area contributed by atoms with E-state index in [9.17, 15) is 4.79 Å². The van der Waals surface area contributed by atoms with Gasteiger partial charge >= 0.3 is 0 Å². The molecule has 140 valence electrons. The molecule has 2 rings (SSSR count). The molecule has 1 heterocycles. The molecule has 0 spiro atoms. The van der Waals surface area contributed by atoms with Gasteiger partial charge in [0, 0.05) is 47.8 Å². The smallest absolute Gasteiger partial charge is 0.223 e. The highest BCUT2D eigenvalue weighted by Gasteiger charge is 2.24. The Balaban J connectivity index is 1.68. The van der Waals surface area contributed by atoms with Gasteiger partial charge in [-0.15, -0.1) is 11.3 Å². The van der Waals surface area contributed by atoms with Crippen LogP contribution >= 0.6 is 11.3 Å². The van der Waals surface area contributed by atoms with Crippen LogP contribution in [0.15, 0.2) is 17.1 Å². The molecule has 6 heteroatoms. The normalized spacial score (nSPS) is 16.2. The number of nitrogens with zero attached hydrogens (tertiary/aromatic N) is 1. The van der Waals surface area contributed by atoms with Crippen molar-refractivity contribution < 1.29 is 4.79 Å². The van der Waals surface area contributed by atoms with E-state index in [1.54, 1.807) is 0 Å². The zero-order valence-corrected chi connectivity index (χ0v) is 16.5. The Hall–Kier alpha value is -1.56. The van der Waals surface area contributed by atoms with Gasteiger partial charge in [-0.2, -0.15) is 0 Å². The molecule has 0 aliphatic heterocycles. The predicted octanol–water partition coefficient (Wildman–Crippen LogP) is 2.85. The van der Waals surface area contributed by atoms with Crippen molar-refractivity contribution in [1.82, 2.24) is 16.0 Å². The van der Waals surface area contributed by atoms with Crippen molar-refractivity contribution in [3.63, 3.8) is 0 Å². The average Bonchev–Trinajstić information content (AvgIpc) is 2.90. The van der Waals surface area contributed by atoms with Crippen molar-refractivity contribution in [2.45, 2.75) is 58.9 Å². The van der Waals surface area contributed by atoms with Crippen LogP contribution in [0.4, 0.5) is 0 Å². The van der Waals surface area contributed by atoms with Gasteiger partial charge in [-0.25, -0.2) is 0 Å². The first-order valence-corrected chi connectivity index (χ1v) is 10.3. The van der Waals surface area contributed by atoms with Crippen molar-refractivity contribution in [2.24, 2.45) is 10.9 Å². The van der Waals surface area contributed by atoms with E-state index in [2.05, 4.69) is 53.8 Å². The standard InChI is InChI=1S/C19H32N4OS/c1-4-20-19(23-14(2)13-17-10-9-15(3)25-17)22-12-6-11-21-18(24)16-7-5-8-16/h9-10,14,16H,4-8,11-13H2,1-3H3,(H,21,24)(H2,20,22,23). The largest absolute Gasteiger partial charge is 0.357 e. The van der Waals surface area contributed by atoms with E-state index in [4.69, 9.17) is 0 Å². The van der Waals surface area contributed by atoms with E-state index < -0.39 is 0 Å². The molecule has 0 bridgehead atoms. The second kappa shape index (κ2) is 10.4.